The number of nitrogens with zero attached hydrogens (tertiary/aromatic N) is 1. The number of pyridine rings is 1. The van der Waals surface area contributed by atoms with Crippen LogP contribution < -0.4 is 5.73 Å². The molecule has 2 aromatic rings. The summed E-state index contributed by atoms with van der Waals surface area (Å²) in [5, 5.41) is 0. The zero-order valence-corrected chi connectivity index (χ0v) is 9.39. The summed E-state index contributed by atoms with van der Waals surface area (Å²) in [7, 11) is 0. The number of aryl methyl sites for hydroxylation is 1. The maximum atomic E-state index is 6.19. The molecule has 1 unspecified atom stereocenters. The standard InChI is InChI=1S/C13H16N2O/c1-2-11-8-15-5-3-12(11)13(14)7-10-4-6-16-9-10/h3-6,8-9,13H,2,7,14H2,1H3. The summed E-state index contributed by atoms with van der Waals surface area (Å²) in [6.07, 6.45) is 8.87. The molecule has 2 heterocycles. The van der Waals surface area contributed by atoms with Crippen LogP contribution in [0.25, 0.3) is 0 Å². The maximum absolute atomic E-state index is 6.19. The van der Waals surface area contributed by atoms with Crippen molar-refractivity contribution in [2.75, 3.05) is 0 Å². The highest BCUT2D eigenvalue weighted by Crippen LogP contribution is 2.19. The highest BCUT2D eigenvalue weighted by molar-refractivity contribution is 5.28. The molecule has 0 saturated carbocycles. The van der Waals surface area contributed by atoms with Gasteiger partial charge in [0.25, 0.3) is 0 Å². The van der Waals surface area contributed by atoms with E-state index in [1.54, 1.807) is 18.7 Å². The lowest BCUT2D eigenvalue weighted by molar-refractivity contribution is 0.561. The Morgan fingerprint density at radius 1 is 1.44 bits per heavy atom. The van der Waals surface area contributed by atoms with Crippen LogP contribution in [0.15, 0.2) is 41.5 Å². The first-order valence-electron chi connectivity index (χ1n) is 5.50. The molecule has 0 saturated heterocycles. The molecule has 0 aromatic carbocycles. The van der Waals surface area contributed by atoms with Crippen LogP contribution in [0.1, 0.15) is 29.7 Å². The van der Waals surface area contributed by atoms with Crippen molar-refractivity contribution in [2.24, 2.45) is 5.73 Å². The molecule has 1 atom stereocenters. The molecule has 84 valence electrons. The monoisotopic (exact) mass is 216 g/mol. The van der Waals surface area contributed by atoms with Gasteiger partial charge in [-0.1, -0.05) is 6.92 Å². The third-order valence-corrected chi connectivity index (χ3v) is 2.76. The Kier molecular flexibility index (Phi) is 3.37. The second-order valence-electron chi connectivity index (χ2n) is 3.87. The third kappa shape index (κ3) is 2.31. The van der Waals surface area contributed by atoms with E-state index in [-0.39, 0.29) is 6.04 Å². The Morgan fingerprint density at radius 3 is 3.00 bits per heavy atom. The minimum Gasteiger partial charge on any atom is -0.472 e. The topological polar surface area (TPSA) is 52.0 Å². The van der Waals surface area contributed by atoms with Crippen molar-refractivity contribution in [1.29, 1.82) is 0 Å². The SMILES string of the molecule is CCc1cnccc1C(N)Cc1ccoc1. The molecule has 0 bridgehead atoms. The van der Waals surface area contributed by atoms with E-state index < -0.39 is 0 Å². The minimum atomic E-state index is 0.00977. The van der Waals surface area contributed by atoms with Gasteiger partial charge in [-0.05, 0) is 41.7 Å². The normalized spacial score (nSPS) is 12.6. The van der Waals surface area contributed by atoms with Crippen LogP contribution >= 0.6 is 0 Å². The van der Waals surface area contributed by atoms with Crippen molar-refractivity contribution >= 4 is 0 Å². The van der Waals surface area contributed by atoms with E-state index in [2.05, 4.69) is 11.9 Å². The quantitative estimate of drug-likeness (QED) is 0.854. The van der Waals surface area contributed by atoms with Crippen LogP contribution in [0.4, 0.5) is 0 Å². The summed E-state index contributed by atoms with van der Waals surface area (Å²) in [6.45, 7) is 2.12. The Bertz CT molecular complexity index is 437. The van der Waals surface area contributed by atoms with Gasteiger partial charge in [0.2, 0.25) is 0 Å². The van der Waals surface area contributed by atoms with Crippen LogP contribution in [-0.4, -0.2) is 4.98 Å². The van der Waals surface area contributed by atoms with Crippen molar-refractivity contribution in [1.82, 2.24) is 4.98 Å². The lowest BCUT2D eigenvalue weighted by Gasteiger charge is -2.14. The van der Waals surface area contributed by atoms with Crippen LogP contribution in [0.5, 0.6) is 0 Å². The van der Waals surface area contributed by atoms with Crippen LogP contribution in [0, 0.1) is 0 Å². The van der Waals surface area contributed by atoms with E-state index in [0.29, 0.717) is 0 Å². The number of hydrogen-bond acceptors (Lipinski definition) is 3. The van der Waals surface area contributed by atoms with Crippen LogP contribution in [0.3, 0.4) is 0 Å². The molecule has 0 aliphatic carbocycles. The zero-order chi connectivity index (χ0) is 11.4. The first kappa shape index (κ1) is 10.9. The highest BCUT2D eigenvalue weighted by atomic mass is 16.3. The third-order valence-electron chi connectivity index (χ3n) is 2.76. The van der Waals surface area contributed by atoms with Gasteiger partial charge in [-0.25, -0.2) is 0 Å². The fourth-order valence-electron chi connectivity index (χ4n) is 1.87. The summed E-state index contributed by atoms with van der Waals surface area (Å²) >= 11 is 0. The molecule has 2 rings (SSSR count). The molecule has 3 nitrogen and oxygen atoms in total. The molecule has 0 radical (unpaired) electrons. The maximum Gasteiger partial charge on any atom is 0.0935 e. The zero-order valence-electron chi connectivity index (χ0n) is 9.39. The van der Waals surface area contributed by atoms with Gasteiger partial charge in [-0.15, -0.1) is 0 Å². The van der Waals surface area contributed by atoms with E-state index in [0.717, 1.165) is 18.4 Å². The molecule has 0 spiro atoms. The van der Waals surface area contributed by atoms with E-state index in [9.17, 15) is 0 Å². The van der Waals surface area contributed by atoms with Crippen molar-refractivity contribution in [3.63, 3.8) is 0 Å². The Labute approximate surface area is 95.3 Å². The van der Waals surface area contributed by atoms with Gasteiger partial charge in [0.1, 0.15) is 0 Å². The molecule has 16 heavy (non-hydrogen) atoms. The second kappa shape index (κ2) is 4.94. The second-order valence-corrected chi connectivity index (χ2v) is 3.87. The minimum absolute atomic E-state index is 0.00977. The average molecular weight is 216 g/mol. The van der Waals surface area contributed by atoms with Gasteiger partial charge in [-0.2, -0.15) is 0 Å². The lowest BCUT2D eigenvalue weighted by atomic mass is 9.97. The van der Waals surface area contributed by atoms with Crippen molar-refractivity contribution in [3.05, 3.63) is 53.7 Å². The number of hydrogen-bond donors (Lipinski definition) is 1. The van der Waals surface area contributed by atoms with Gasteiger partial charge >= 0.3 is 0 Å². The van der Waals surface area contributed by atoms with Gasteiger partial charge in [0.15, 0.2) is 0 Å². The van der Waals surface area contributed by atoms with Gasteiger partial charge in [-0.3, -0.25) is 4.98 Å². The Balaban J connectivity index is 2.17. The summed E-state index contributed by atoms with van der Waals surface area (Å²) in [6, 6.07) is 3.96. The molecule has 0 amide bonds. The van der Waals surface area contributed by atoms with Crippen molar-refractivity contribution in [3.8, 4) is 0 Å². The lowest BCUT2D eigenvalue weighted by Crippen LogP contribution is -2.15. The first-order chi connectivity index (χ1) is 7.81. The van der Waals surface area contributed by atoms with Crippen LogP contribution in [0.2, 0.25) is 0 Å². The molecular formula is C13H16N2O. The van der Waals surface area contributed by atoms with Crippen LogP contribution in [-0.2, 0) is 12.8 Å². The predicted octanol–water partition coefficient (Wildman–Crippen LogP) is 2.48. The van der Waals surface area contributed by atoms with Crippen molar-refractivity contribution in [2.45, 2.75) is 25.8 Å². The van der Waals surface area contributed by atoms with Gasteiger partial charge < -0.3 is 10.2 Å². The van der Waals surface area contributed by atoms with E-state index in [1.165, 1.54) is 11.1 Å². The summed E-state index contributed by atoms with van der Waals surface area (Å²) < 4.78 is 5.04. The molecule has 0 aliphatic heterocycles. The molecular weight excluding hydrogens is 200 g/mol. The number of rotatable bonds is 4. The number of nitrogens with two attached hydrogens (primary N) is 1. The van der Waals surface area contributed by atoms with Gasteiger partial charge in [0, 0.05) is 18.4 Å². The Morgan fingerprint density at radius 2 is 2.31 bits per heavy atom. The summed E-state index contributed by atoms with van der Waals surface area (Å²) in [5.41, 5.74) is 9.72. The predicted molar refractivity (Wildman–Crippen MR) is 63.0 cm³/mol. The Hall–Kier alpha value is -1.61. The van der Waals surface area contributed by atoms with E-state index >= 15 is 0 Å². The summed E-state index contributed by atoms with van der Waals surface area (Å²) in [5.74, 6) is 0. The fourth-order valence-corrected chi connectivity index (χ4v) is 1.87. The molecule has 0 fully saturated rings. The van der Waals surface area contributed by atoms with E-state index in [4.69, 9.17) is 10.2 Å². The molecule has 2 N–H and O–H groups in total. The summed E-state index contributed by atoms with van der Waals surface area (Å²) in [4.78, 5) is 4.12. The molecule has 3 heteroatoms. The number of aromatic nitrogens is 1. The fraction of sp³-hybridized carbons (Fsp3) is 0.308. The van der Waals surface area contributed by atoms with Gasteiger partial charge in [0.05, 0.1) is 12.5 Å². The largest absolute Gasteiger partial charge is 0.472 e. The van der Waals surface area contributed by atoms with E-state index in [1.807, 2.05) is 18.3 Å². The first-order valence-corrected chi connectivity index (χ1v) is 5.50. The van der Waals surface area contributed by atoms with Crippen molar-refractivity contribution < 1.29 is 4.42 Å². The molecule has 0 aliphatic rings. The highest BCUT2D eigenvalue weighted by Gasteiger charge is 2.11. The smallest absolute Gasteiger partial charge is 0.0935 e. The molecule has 2 aromatic heterocycles. The number of furan rings is 1. The average Bonchev–Trinajstić information content (AvgIpc) is 2.81.